The van der Waals surface area contributed by atoms with Gasteiger partial charge >= 0.3 is 0 Å². The van der Waals surface area contributed by atoms with Crippen molar-refractivity contribution in [1.82, 2.24) is 5.32 Å². The quantitative estimate of drug-likeness (QED) is 0.829. The summed E-state index contributed by atoms with van der Waals surface area (Å²) in [5.41, 5.74) is 6.99. The number of nitrogens with two attached hydrogens (primary N) is 1. The van der Waals surface area contributed by atoms with Gasteiger partial charge in [0.15, 0.2) is 0 Å². The number of hydrogen-bond donors (Lipinski definition) is 2. The Kier molecular flexibility index (Phi) is 3.55. The van der Waals surface area contributed by atoms with E-state index in [0.29, 0.717) is 35.6 Å². The molecular formula is C16H22N2O2. The normalized spacial score (nSPS) is 27.6. The number of fused-ring (bicyclic) bond motifs is 2. The highest BCUT2D eigenvalue weighted by molar-refractivity contribution is 5.95. The van der Waals surface area contributed by atoms with Gasteiger partial charge in [-0.25, -0.2) is 0 Å². The number of ether oxygens (including phenoxy) is 1. The summed E-state index contributed by atoms with van der Waals surface area (Å²) in [5.74, 6) is 2.13. The molecule has 1 amide bonds. The number of amides is 1. The third-order valence-corrected chi connectivity index (χ3v) is 4.56. The lowest BCUT2D eigenvalue weighted by molar-refractivity contribution is 0.0922. The number of carbonyl (C=O) groups is 1. The first-order valence-corrected chi connectivity index (χ1v) is 7.50. The highest BCUT2D eigenvalue weighted by Gasteiger charge is 2.40. The van der Waals surface area contributed by atoms with Crippen molar-refractivity contribution in [1.29, 1.82) is 0 Å². The average Bonchev–Trinajstić information content (AvgIpc) is 3.00. The molecule has 0 heterocycles. The fourth-order valence-electron chi connectivity index (χ4n) is 3.68. The van der Waals surface area contributed by atoms with E-state index in [1.165, 1.54) is 19.3 Å². The summed E-state index contributed by atoms with van der Waals surface area (Å²) < 4.78 is 5.44. The molecule has 3 rings (SSSR count). The lowest BCUT2D eigenvalue weighted by Gasteiger charge is -2.23. The van der Waals surface area contributed by atoms with E-state index in [1.54, 1.807) is 18.2 Å². The van der Waals surface area contributed by atoms with Crippen molar-refractivity contribution in [2.75, 3.05) is 12.3 Å². The lowest BCUT2D eigenvalue weighted by Crippen LogP contribution is -2.38. The number of hydrogen-bond acceptors (Lipinski definition) is 3. The lowest BCUT2D eigenvalue weighted by atomic mass is 9.95. The molecule has 108 valence electrons. The third kappa shape index (κ3) is 2.60. The molecule has 3 unspecified atom stereocenters. The molecule has 0 aliphatic heterocycles. The van der Waals surface area contributed by atoms with Crippen molar-refractivity contribution in [3.63, 3.8) is 0 Å². The standard InChI is InChI=1S/C16H22N2O2/c1-2-20-14-8-12(7-13(17)9-14)16(19)18-15-6-10-3-4-11(15)5-10/h7-11,15H,2-6,17H2,1H3,(H,18,19). The molecule has 2 aliphatic carbocycles. The molecule has 4 heteroatoms. The summed E-state index contributed by atoms with van der Waals surface area (Å²) in [6.07, 6.45) is 5.02. The van der Waals surface area contributed by atoms with Gasteiger partial charge in [0, 0.05) is 23.4 Å². The highest BCUT2D eigenvalue weighted by Crippen LogP contribution is 2.44. The van der Waals surface area contributed by atoms with Crippen molar-refractivity contribution in [3.05, 3.63) is 23.8 Å². The second-order valence-electron chi connectivity index (χ2n) is 5.98. The molecular weight excluding hydrogens is 252 g/mol. The van der Waals surface area contributed by atoms with Gasteiger partial charge in [-0.3, -0.25) is 4.79 Å². The van der Waals surface area contributed by atoms with Gasteiger partial charge in [0.25, 0.3) is 5.91 Å². The minimum absolute atomic E-state index is 0.0317. The smallest absolute Gasteiger partial charge is 0.251 e. The molecule has 0 saturated heterocycles. The Bertz CT molecular complexity index is 515. The SMILES string of the molecule is CCOc1cc(N)cc(C(=O)NC2CC3CCC2C3)c1. The summed E-state index contributed by atoms with van der Waals surface area (Å²) >= 11 is 0. The van der Waals surface area contributed by atoms with E-state index >= 15 is 0 Å². The molecule has 2 aliphatic rings. The molecule has 3 N–H and O–H groups in total. The van der Waals surface area contributed by atoms with Crippen LogP contribution in [-0.4, -0.2) is 18.6 Å². The van der Waals surface area contributed by atoms with E-state index in [0.717, 1.165) is 12.3 Å². The van der Waals surface area contributed by atoms with Crippen LogP contribution in [0, 0.1) is 11.8 Å². The molecule has 4 nitrogen and oxygen atoms in total. The third-order valence-electron chi connectivity index (χ3n) is 4.56. The molecule has 2 fully saturated rings. The first kappa shape index (κ1) is 13.3. The average molecular weight is 274 g/mol. The molecule has 0 aromatic heterocycles. The minimum atomic E-state index is -0.0317. The van der Waals surface area contributed by atoms with Crippen LogP contribution in [0.3, 0.4) is 0 Å². The Labute approximate surface area is 119 Å². The van der Waals surface area contributed by atoms with Gasteiger partial charge in [0.2, 0.25) is 0 Å². The van der Waals surface area contributed by atoms with Crippen LogP contribution in [0.4, 0.5) is 5.69 Å². The van der Waals surface area contributed by atoms with E-state index < -0.39 is 0 Å². The minimum Gasteiger partial charge on any atom is -0.494 e. The van der Waals surface area contributed by atoms with Crippen molar-refractivity contribution < 1.29 is 9.53 Å². The first-order chi connectivity index (χ1) is 9.65. The van der Waals surface area contributed by atoms with Crippen molar-refractivity contribution in [3.8, 4) is 5.75 Å². The van der Waals surface area contributed by atoms with Crippen molar-refractivity contribution in [2.45, 2.75) is 38.6 Å². The molecule has 2 saturated carbocycles. The van der Waals surface area contributed by atoms with Crippen LogP contribution in [0.15, 0.2) is 18.2 Å². The second kappa shape index (κ2) is 5.35. The molecule has 20 heavy (non-hydrogen) atoms. The van der Waals surface area contributed by atoms with Gasteiger partial charge in [-0.1, -0.05) is 6.42 Å². The predicted molar refractivity (Wildman–Crippen MR) is 78.7 cm³/mol. The topological polar surface area (TPSA) is 64.3 Å². The number of nitrogen functional groups attached to an aromatic ring is 1. The van der Waals surface area contributed by atoms with E-state index in [1.807, 2.05) is 6.92 Å². The van der Waals surface area contributed by atoms with Crippen LogP contribution < -0.4 is 15.8 Å². The summed E-state index contributed by atoms with van der Waals surface area (Å²) in [5, 5.41) is 3.17. The van der Waals surface area contributed by atoms with E-state index in [4.69, 9.17) is 10.5 Å². The molecule has 2 bridgehead atoms. The highest BCUT2D eigenvalue weighted by atomic mass is 16.5. The van der Waals surface area contributed by atoms with Crippen molar-refractivity contribution >= 4 is 11.6 Å². The Morgan fingerprint density at radius 1 is 1.35 bits per heavy atom. The summed E-state index contributed by atoms with van der Waals surface area (Å²) in [7, 11) is 0. The maximum absolute atomic E-state index is 12.4. The summed E-state index contributed by atoms with van der Waals surface area (Å²) in [4.78, 5) is 12.4. The first-order valence-electron chi connectivity index (χ1n) is 7.50. The zero-order chi connectivity index (χ0) is 14.1. The van der Waals surface area contributed by atoms with Gasteiger partial charge in [-0.05, 0) is 50.2 Å². The Morgan fingerprint density at radius 2 is 2.20 bits per heavy atom. The monoisotopic (exact) mass is 274 g/mol. The molecule has 0 spiro atoms. The van der Waals surface area contributed by atoms with Gasteiger partial charge in [-0.2, -0.15) is 0 Å². The van der Waals surface area contributed by atoms with Gasteiger partial charge in [0.05, 0.1) is 6.61 Å². The maximum Gasteiger partial charge on any atom is 0.251 e. The molecule has 1 aromatic rings. The largest absolute Gasteiger partial charge is 0.494 e. The molecule has 3 atom stereocenters. The number of nitrogens with one attached hydrogen (secondary N) is 1. The van der Waals surface area contributed by atoms with Crippen molar-refractivity contribution in [2.24, 2.45) is 11.8 Å². The van der Waals surface area contributed by atoms with E-state index in [9.17, 15) is 4.79 Å². The van der Waals surface area contributed by atoms with Gasteiger partial charge in [-0.15, -0.1) is 0 Å². The predicted octanol–water partition coefficient (Wildman–Crippen LogP) is 2.59. The van der Waals surface area contributed by atoms with Crippen LogP contribution in [0.25, 0.3) is 0 Å². The molecule has 0 radical (unpaired) electrons. The van der Waals surface area contributed by atoms with E-state index in [-0.39, 0.29) is 5.91 Å². The maximum atomic E-state index is 12.4. The zero-order valence-electron chi connectivity index (χ0n) is 11.9. The number of carbonyl (C=O) groups excluding carboxylic acids is 1. The zero-order valence-corrected chi connectivity index (χ0v) is 11.9. The Hall–Kier alpha value is -1.71. The molecule has 1 aromatic carbocycles. The Morgan fingerprint density at radius 3 is 2.85 bits per heavy atom. The number of rotatable bonds is 4. The van der Waals surface area contributed by atoms with Crippen LogP contribution in [-0.2, 0) is 0 Å². The fourth-order valence-corrected chi connectivity index (χ4v) is 3.68. The van der Waals surface area contributed by atoms with Crippen LogP contribution in [0.1, 0.15) is 43.0 Å². The van der Waals surface area contributed by atoms with Crippen LogP contribution >= 0.6 is 0 Å². The van der Waals surface area contributed by atoms with Crippen LogP contribution in [0.5, 0.6) is 5.75 Å². The fraction of sp³-hybridized carbons (Fsp3) is 0.562. The van der Waals surface area contributed by atoms with E-state index in [2.05, 4.69) is 5.32 Å². The number of anilines is 1. The number of benzene rings is 1. The van der Waals surface area contributed by atoms with Crippen LogP contribution in [0.2, 0.25) is 0 Å². The Balaban J connectivity index is 1.70. The summed E-state index contributed by atoms with van der Waals surface area (Å²) in [6, 6.07) is 5.57. The second-order valence-corrected chi connectivity index (χ2v) is 5.98. The van der Waals surface area contributed by atoms with Gasteiger partial charge < -0.3 is 15.8 Å². The summed E-state index contributed by atoms with van der Waals surface area (Å²) in [6.45, 7) is 2.48. The van der Waals surface area contributed by atoms with Gasteiger partial charge in [0.1, 0.15) is 5.75 Å².